The fourth-order valence-electron chi connectivity index (χ4n) is 3.29. The number of rotatable bonds is 9. The molecule has 3 unspecified atom stereocenters. The summed E-state index contributed by atoms with van der Waals surface area (Å²) in [4.78, 5) is 0. The zero-order chi connectivity index (χ0) is 16.8. The van der Waals surface area contributed by atoms with Crippen molar-refractivity contribution in [2.24, 2.45) is 0 Å². The minimum absolute atomic E-state index is 0.0735. The van der Waals surface area contributed by atoms with Crippen LogP contribution in [0.5, 0.6) is 0 Å². The molecule has 0 aliphatic heterocycles. The smallest absolute Gasteiger partial charge is 0.121 e. The minimum Gasteiger partial charge on any atom is -0.396 e. The molecule has 7 N–H and O–H groups in total. The van der Waals surface area contributed by atoms with Crippen molar-refractivity contribution in [3.05, 3.63) is 0 Å². The molecule has 0 radical (unpaired) electrons. The van der Waals surface area contributed by atoms with Crippen LogP contribution in [0.3, 0.4) is 0 Å². The number of aliphatic hydroxyl groups is 7. The zero-order valence-corrected chi connectivity index (χ0v) is 12.9. The Labute approximate surface area is 130 Å². The maximum absolute atomic E-state index is 10.8. The second-order valence-corrected chi connectivity index (χ2v) is 6.43. The Bertz CT molecular complexity index is 317. The summed E-state index contributed by atoms with van der Waals surface area (Å²) in [5, 5.41) is 69.2. The summed E-state index contributed by atoms with van der Waals surface area (Å²) < 4.78 is 0. The Morgan fingerprint density at radius 3 is 2.18 bits per heavy atom. The van der Waals surface area contributed by atoms with E-state index in [1.807, 2.05) is 0 Å². The van der Waals surface area contributed by atoms with Gasteiger partial charge in [-0.2, -0.15) is 0 Å². The quantitative estimate of drug-likeness (QED) is 0.278. The first-order chi connectivity index (χ1) is 10.3. The molecule has 0 amide bonds. The molecule has 132 valence electrons. The predicted molar refractivity (Wildman–Crippen MR) is 79.0 cm³/mol. The number of aliphatic hydroxyl groups excluding tert-OH is 5. The first-order valence-electron chi connectivity index (χ1n) is 7.99. The highest BCUT2D eigenvalue weighted by molar-refractivity contribution is 5.06. The van der Waals surface area contributed by atoms with Crippen LogP contribution in [0.2, 0.25) is 0 Å². The second-order valence-electron chi connectivity index (χ2n) is 6.43. The van der Waals surface area contributed by atoms with Crippen molar-refractivity contribution in [1.82, 2.24) is 0 Å². The van der Waals surface area contributed by atoms with E-state index in [0.29, 0.717) is 19.3 Å². The maximum atomic E-state index is 10.8. The fraction of sp³-hybridized carbons (Fsp3) is 1.00. The summed E-state index contributed by atoms with van der Waals surface area (Å²) in [6.45, 7) is -0.485. The number of hydrogen-bond donors (Lipinski definition) is 7. The van der Waals surface area contributed by atoms with E-state index in [1.165, 1.54) is 0 Å². The third kappa shape index (κ3) is 4.61. The molecular formula is C15H30O7. The van der Waals surface area contributed by atoms with Gasteiger partial charge in [-0.1, -0.05) is 0 Å². The van der Waals surface area contributed by atoms with Crippen LogP contribution in [0.15, 0.2) is 0 Å². The van der Waals surface area contributed by atoms with E-state index in [1.54, 1.807) is 0 Å². The van der Waals surface area contributed by atoms with Gasteiger partial charge in [0, 0.05) is 26.1 Å². The van der Waals surface area contributed by atoms with Crippen molar-refractivity contribution in [2.75, 3.05) is 13.2 Å². The molecule has 1 aliphatic rings. The highest BCUT2D eigenvalue weighted by Gasteiger charge is 2.54. The van der Waals surface area contributed by atoms with Crippen molar-refractivity contribution < 1.29 is 35.7 Å². The van der Waals surface area contributed by atoms with Gasteiger partial charge in [0.1, 0.15) is 5.60 Å². The predicted octanol–water partition coefficient (Wildman–Crippen LogP) is -1.35. The van der Waals surface area contributed by atoms with Crippen molar-refractivity contribution in [1.29, 1.82) is 0 Å². The van der Waals surface area contributed by atoms with Crippen molar-refractivity contribution in [3.8, 4) is 0 Å². The zero-order valence-electron chi connectivity index (χ0n) is 12.9. The average molecular weight is 322 g/mol. The molecule has 1 aliphatic carbocycles. The highest BCUT2D eigenvalue weighted by atomic mass is 16.4. The van der Waals surface area contributed by atoms with E-state index in [9.17, 15) is 30.6 Å². The molecule has 0 saturated heterocycles. The molecule has 7 nitrogen and oxygen atoms in total. The SMILES string of the molecule is OCCCC(O)CC(O)C(O)(CCO)C1(O)CCC(O)CC1. The van der Waals surface area contributed by atoms with E-state index in [-0.39, 0.29) is 38.7 Å². The Hall–Kier alpha value is -0.280. The Kier molecular flexibility index (Phi) is 7.67. The lowest BCUT2D eigenvalue weighted by molar-refractivity contribution is -0.230. The summed E-state index contributed by atoms with van der Waals surface area (Å²) in [5.41, 5.74) is -3.55. The lowest BCUT2D eigenvalue weighted by Gasteiger charge is -2.49. The monoisotopic (exact) mass is 322 g/mol. The van der Waals surface area contributed by atoms with Gasteiger partial charge >= 0.3 is 0 Å². The van der Waals surface area contributed by atoms with E-state index >= 15 is 0 Å². The number of hydrogen-bond acceptors (Lipinski definition) is 7. The Balaban J connectivity index is 2.80. The van der Waals surface area contributed by atoms with Gasteiger partial charge < -0.3 is 35.7 Å². The molecule has 0 aromatic rings. The summed E-state index contributed by atoms with van der Waals surface area (Å²) >= 11 is 0. The van der Waals surface area contributed by atoms with E-state index < -0.39 is 36.1 Å². The highest BCUT2D eigenvalue weighted by Crippen LogP contribution is 2.42. The molecule has 7 heteroatoms. The van der Waals surface area contributed by atoms with Crippen LogP contribution >= 0.6 is 0 Å². The first-order valence-corrected chi connectivity index (χ1v) is 7.99. The molecule has 1 fully saturated rings. The summed E-state index contributed by atoms with van der Waals surface area (Å²) in [5.74, 6) is 0. The first kappa shape index (κ1) is 19.8. The van der Waals surface area contributed by atoms with E-state index in [2.05, 4.69) is 0 Å². The van der Waals surface area contributed by atoms with Gasteiger partial charge in [0.15, 0.2) is 0 Å². The van der Waals surface area contributed by atoms with Crippen LogP contribution in [-0.4, -0.2) is 78.5 Å². The molecule has 0 spiro atoms. The standard InChI is InChI=1S/C15H30O7/c16-8-1-2-12(19)10-13(20)15(22,7-9-17)14(21)5-3-11(18)4-6-14/h11-13,16-22H,1-10H2. The van der Waals surface area contributed by atoms with Crippen LogP contribution in [0.1, 0.15) is 51.4 Å². The lowest BCUT2D eigenvalue weighted by atomic mass is 9.67. The Morgan fingerprint density at radius 1 is 1.09 bits per heavy atom. The third-order valence-electron chi connectivity index (χ3n) is 4.82. The molecule has 0 heterocycles. The van der Waals surface area contributed by atoms with Crippen molar-refractivity contribution in [2.45, 2.75) is 80.9 Å². The normalized spacial score (nSPS) is 31.5. The topological polar surface area (TPSA) is 142 Å². The van der Waals surface area contributed by atoms with Gasteiger partial charge in [0.05, 0.1) is 23.9 Å². The van der Waals surface area contributed by atoms with Gasteiger partial charge in [-0.3, -0.25) is 0 Å². The molecule has 0 aromatic heterocycles. The average Bonchev–Trinajstić information content (AvgIpc) is 2.48. The minimum atomic E-state index is -1.94. The third-order valence-corrected chi connectivity index (χ3v) is 4.82. The molecule has 1 saturated carbocycles. The van der Waals surface area contributed by atoms with E-state index in [4.69, 9.17) is 5.11 Å². The van der Waals surface area contributed by atoms with Gasteiger partial charge in [0.2, 0.25) is 0 Å². The van der Waals surface area contributed by atoms with Gasteiger partial charge in [-0.25, -0.2) is 0 Å². The summed E-state index contributed by atoms with van der Waals surface area (Å²) in [7, 11) is 0. The summed E-state index contributed by atoms with van der Waals surface area (Å²) in [6.07, 6.45) is -1.71. The lowest BCUT2D eigenvalue weighted by Crippen LogP contribution is -2.63. The molecule has 0 bridgehead atoms. The van der Waals surface area contributed by atoms with Crippen LogP contribution in [-0.2, 0) is 0 Å². The van der Waals surface area contributed by atoms with Crippen molar-refractivity contribution >= 4 is 0 Å². The molecular weight excluding hydrogens is 292 g/mol. The molecule has 1 rings (SSSR count). The molecule has 0 aromatic carbocycles. The Morgan fingerprint density at radius 2 is 1.68 bits per heavy atom. The van der Waals surface area contributed by atoms with Crippen LogP contribution in [0.25, 0.3) is 0 Å². The maximum Gasteiger partial charge on any atom is 0.121 e. The van der Waals surface area contributed by atoms with Gasteiger partial charge in [-0.05, 0) is 38.5 Å². The molecule has 3 atom stereocenters. The van der Waals surface area contributed by atoms with Crippen LogP contribution < -0.4 is 0 Å². The molecule has 22 heavy (non-hydrogen) atoms. The van der Waals surface area contributed by atoms with Crippen molar-refractivity contribution in [3.63, 3.8) is 0 Å². The second kappa shape index (κ2) is 8.54. The summed E-state index contributed by atoms with van der Waals surface area (Å²) in [6, 6.07) is 0. The van der Waals surface area contributed by atoms with Gasteiger partial charge in [0.25, 0.3) is 0 Å². The largest absolute Gasteiger partial charge is 0.396 e. The van der Waals surface area contributed by atoms with Crippen LogP contribution in [0, 0.1) is 0 Å². The van der Waals surface area contributed by atoms with Crippen LogP contribution in [0.4, 0.5) is 0 Å². The van der Waals surface area contributed by atoms with E-state index in [0.717, 1.165) is 0 Å². The van der Waals surface area contributed by atoms with Gasteiger partial charge in [-0.15, -0.1) is 0 Å². The fourth-order valence-corrected chi connectivity index (χ4v) is 3.29.